The van der Waals surface area contributed by atoms with Crippen LogP contribution in [0.3, 0.4) is 0 Å². The number of allylic oxidation sites excluding steroid dienone is 1. The van der Waals surface area contributed by atoms with Gasteiger partial charge in [0.2, 0.25) is 0 Å². The highest BCUT2D eigenvalue weighted by Gasteiger charge is 2.07. The van der Waals surface area contributed by atoms with Gasteiger partial charge in [-0.1, -0.05) is 56.0 Å². The van der Waals surface area contributed by atoms with Gasteiger partial charge in [-0.15, -0.1) is 0 Å². The summed E-state index contributed by atoms with van der Waals surface area (Å²) in [5.74, 6) is 6.55. The minimum Gasteiger partial charge on any atom is -0.388 e. The molecule has 1 nitrogen and oxygen atoms in total. The molecule has 1 heteroatoms. The molecule has 0 amide bonds. The predicted molar refractivity (Wildman–Crippen MR) is 72.5 cm³/mol. The number of aliphatic hydroxyl groups excluding tert-OH is 1. The largest absolute Gasteiger partial charge is 0.388 e. The van der Waals surface area contributed by atoms with Crippen LogP contribution in [0.15, 0.2) is 42.5 Å². The first-order valence-electron chi connectivity index (χ1n) is 6.02. The van der Waals surface area contributed by atoms with E-state index in [2.05, 4.69) is 25.7 Å². The van der Waals surface area contributed by atoms with Crippen molar-refractivity contribution in [1.29, 1.82) is 0 Å². The van der Waals surface area contributed by atoms with E-state index < -0.39 is 6.10 Å². The zero-order chi connectivity index (χ0) is 12.7. The Labute approximate surface area is 104 Å². The van der Waals surface area contributed by atoms with Crippen LogP contribution in [0.1, 0.15) is 26.3 Å². The van der Waals surface area contributed by atoms with Gasteiger partial charge in [0.25, 0.3) is 0 Å². The number of hydrogen-bond acceptors (Lipinski definition) is 1. The van der Waals surface area contributed by atoms with Crippen molar-refractivity contribution in [3.8, 4) is 11.8 Å². The van der Waals surface area contributed by atoms with Gasteiger partial charge >= 0.3 is 0 Å². The van der Waals surface area contributed by atoms with Crippen LogP contribution >= 0.6 is 0 Å². The Balaban J connectivity index is 2.60. The maximum atomic E-state index is 9.86. The molecule has 0 spiro atoms. The molecule has 90 valence electrons. The zero-order valence-electron chi connectivity index (χ0n) is 10.7. The number of aliphatic hydroxyl groups is 1. The Bertz CT molecular complexity index is 406. The van der Waals surface area contributed by atoms with Gasteiger partial charge in [0, 0.05) is 11.5 Å². The Morgan fingerprint density at radius 1 is 1.06 bits per heavy atom. The first-order valence-corrected chi connectivity index (χ1v) is 6.02. The van der Waals surface area contributed by atoms with Crippen molar-refractivity contribution >= 4 is 0 Å². The van der Waals surface area contributed by atoms with E-state index >= 15 is 0 Å². The summed E-state index contributed by atoms with van der Waals surface area (Å²) in [5.41, 5.74) is 0.986. The summed E-state index contributed by atoms with van der Waals surface area (Å²) >= 11 is 0. The van der Waals surface area contributed by atoms with Gasteiger partial charge in [-0.25, -0.2) is 0 Å². The van der Waals surface area contributed by atoms with Gasteiger partial charge in [0.15, 0.2) is 0 Å². The lowest BCUT2D eigenvalue weighted by Crippen LogP contribution is -2.12. The highest BCUT2D eigenvalue weighted by atomic mass is 16.3. The second kappa shape index (κ2) is 6.93. The van der Waals surface area contributed by atoms with E-state index in [0.717, 1.165) is 5.56 Å². The summed E-state index contributed by atoms with van der Waals surface area (Å²) in [7, 11) is 0. The summed E-state index contributed by atoms with van der Waals surface area (Å²) in [5, 5.41) is 9.86. The monoisotopic (exact) mass is 228 g/mol. The fourth-order valence-electron chi connectivity index (χ4n) is 1.31. The molecule has 0 bridgehead atoms. The molecule has 1 rings (SSSR count). The van der Waals surface area contributed by atoms with Crippen LogP contribution in [0.5, 0.6) is 0 Å². The lowest BCUT2D eigenvalue weighted by atomic mass is 10.0. The molecule has 0 aliphatic heterocycles. The first-order chi connectivity index (χ1) is 8.09. The summed E-state index contributed by atoms with van der Waals surface area (Å²) in [6.45, 7) is 6.11. The Morgan fingerprint density at radius 3 is 2.29 bits per heavy atom. The average Bonchev–Trinajstić information content (AvgIpc) is 2.34. The second-order valence-electron chi connectivity index (χ2n) is 4.54. The van der Waals surface area contributed by atoms with E-state index in [1.165, 1.54) is 0 Å². The molecule has 2 unspecified atom stereocenters. The molecular formula is C16H20O. The molecule has 0 saturated carbocycles. The van der Waals surface area contributed by atoms with Gasteiger partial charge in [0.05, 0.1) is 6.10 Å². The topological polar surface area (TPSA) is 20.2 Å². The van der Waals surface area contributed by atoms with Crippen molar-refractivity contribution in [3.63, 3.8) is 0 Å². The molecule has 0 aromatic heterocycles. The van der Waals surface area contributed by atoms with Crippen LogP contribution in [-0.2, 0) is 0 Å². The minimum atomic E-state index is -0.492. The van der Waals surface area contributed by atoms with E-state index in [1.807, 2.05) is 49.4 Å². The second-order valence-corrected chi connectivity index (χ2v) is 4.54. The van der Waals surface area contributed by atoms with Crippen molar-refractivity contribution in [2.45, 2.75) is 26.9 Å². The average molecular weight is 228 g/mol. The normalized spacial score (nSPS) is 14.4. The molecule has 0 radical (unpaired) electrons. The summed E-state index contributed by atoms with van der Waals surface area (Å²) in [6.07, 6.45) is 3.34. The molecule has 17 heavy (non-hydrogen) atoms. The molecule has 0 heterocycles. The maximum absolute atomic E-state index is 9.86. The van der Waals surface area contributed by atoms with Gasteiger partial charge in [0.1, 0.15) is 0 Å². The first kappa shape index (κ1) is 13.5. The lowest BCUT2D eigenvalue weighted by Gasteiger charge is -2.09. The lowest BCUT2D eigenvalue weighted by molar-refractivity contribution is 0.189. The van der Waals surface area contributed by atoms with Crippen molar-refractivity contribution < 1.29 is 5.11 Å². The van der Waals surface area contributed by atoms with Crippen molar-refractivity contribution in [2.24, 2.45) is 11.8 Å². The van der Waals surface area contributed by atoms with Crippen LogP contribution < -0.4 is 0 Å². The molecule has 0 saturated heterocycles. The number of rotatable bonds is 3. The quantitative estimate of drug-likeness (QED) is 0.622. The van der Waals surface area contributed by atoms with E-state index in [9.17, 15) is 5.11 Å². The Hall–Kier alpha value is -1.52. The van der Waals surface area contributed by atoms with E-state index in [0.29, 0.717) is 5.92 Å². The smallest absolute Gasteiger partial charge is 0.0855 e. The summed E-state index contributed by atoms with van der Waals surface area (Å²) in [6, 6.07) is 9.83. The van der Waals surface area contributed by atoms with Crippen molar-refractivity contribution in [2.75, 3.05) is 0 Å². The molecule has 0 fully saturated rings. The third-order valence-electron chi connectivity index (χ3n) is 2.42. The van der Waals surface area contributed by atoms with E-state index in [4.69, 9.17) is 0 Å². The van der Waals surface area contributed by atoms with Gasteiger partial charge in [-0.3, -0.25) is 0 Å². The molecule has 0 aliphatic rings. The zero-order valence-corrected chi connectivity index (χ0v) is 10.7. The summed E-state index contributed by atoms with van der Waals surface area (Å²) < 4.78 is 0. The van der Waals surface area contributed by atoms with Crippen molar-refractivity contribution in [1.82, 2.24) is 0 Å². The van der Waals surface area contributed by atoms with Crippen LogP contribution in [0, 0.1) is 23.7 Å². The van der Waals surface area contributed by atoms with Gasteiger partial charge < -0.3 is 5.11 Å². The van der Waals surface area contributed by atoms with Crippen LogP contribution in [0.4, 0.5) is 0 Å². The maximum Gasteiger partial charge on any atom is 0.0855 e. The van der Waals surface area contributed by atoms with E-state index in [-0.39, 0.29) is 5.92 Å². The Morgan fingerprint density at radius 2 is 1.71 bits per heavy atom. The number of hydrogen-bond donors (Lipinski definition) is 1. The summed E-state index contributed by atoms with van der Waals surface area (Å²) in [4.78, 5) is 0. The third-order valence-corrected chi connectivity index (χ3v) is 2.42. The molecule has 1 aromatic rings. The molecule has 1 N–H and O–H groups in total. The van der Waals surface area contributed by atoms with Crippen LogP contribution in [0.2, 0.25) is 0 Å². The predicted octanol–water partition coefficient (Wildman–Crippen LogP) is 3.25. The van der Waals surface area contributed by atoms with Crippen LogP contribution in [-0.4, -0.2) is 11.2 Å². The highest BCUT2D eigenvalue weighted by Crippen LogP contribution is 2.06. The van der Waals surface area contributed by atoms with Crippen molar-refractivity contribution in [3.05, 3.63) is 48.0 Å². The van der Waals surface area contributed by atoms with Crippen LogP contribution in [0.25, 0.3) is 0 Å². The third kappa shape index (κ3) is 5.38. The molecular weight excluding hydrogens is 208 g/mol. The Kier molecular flexibility index (Phi) is 5.52. The molecule has 1 aromatic carbocycles. The van der Waals surface area contributed by atoms with Gasteiger partial charge in [-0.2, -0.15) is 0 Å². The fourth-order valence-corrected chi connectivity index (χ4v) is 1.31. The molecule has 2 atom stereocenters. The minimum absolute atomic E-state index is 0.0507. The fraction of sp³-hybridized carbons (Fsp3) is 0.375. The highest BCUT2D eigenvalue weighted by molar-refractivity contribution is 5.34. The SMILES string of the molecule is CC(C)/C=C/C(O)C(C)C#Cc1ccccc1. The molecule has 0 aliphatic carbocycles. The van der Waals surface area contributed by atoms with E-state index in [1.54, 1.807) is 0 Å². The standard InChI is InChI=1S/C16H20O/c1-13(2)9-12-16(17)14(3)10-11-15-7-5-4-6-8-15/h4-9,12-14,16-17H,1-3H3/b12-9+. The number of benzene rings is 1. The van der Waals surface area contributed by atoms with Gasteiger partial charge in [-0.05, 0) is 25.0 Å².